The Kier molecular flexibility index (Phi) is 6.92. The van der Waals surface area contributed by atoms with Gasteiger partial charge >= 0.3 is 0 Å². The third-order valence-electron chi connectivity index (χ3n) is 12.6. The minimum atomic E-state index is -0.220. The number of aromatic nitrogens is 2. The molecule has 1 aliphatic heterocycles. The minimum Gasteiger partial charge on any atom is -0.331 e. The first-order valence-electron chi connectivity index (χ1n) is 19.7. The fourth-order valence-electron chi connectivity index (χ4n) is 9.90. The van der Waals surface area contributed by atoms with Gasteiger partial charge in [-0.2, -0.15) is 0 Å². The zero-order chi connectivity index (χ0) is 37.0. The number of nitrogens with zero attached hydrogens (tertiary/aromatic N) is 3. The molecule has 6 aromatic carbocycles. The molecular weight excluding hydrogens is 667 g/mol. The Hall–Kier alpha value is -6.32. The Morgan fingerprint density at radius 2 is 1.25 bits per heavy atom. The highest BCUT2D eigenvalue weighted by Crippen LogP contribution is 2.55. The molecule has 2 unspecified atom stereocenters. The molecule has 0 spiro atoms. The second-order valence-electron chi connectivity index (χ2n) is 16.2. The minimum absolute atomic E-state index is 0.220. The van der Waals surface area contributed by atoms with Gasteiger partial charge in [0, 0.05) is 55.8 Å². The highest BCUT2D eigenvalue weighted by atomic mass is 15.2. The second kappa shape index (κ2) is 11.8. The van der Waals surface area contributed by atoms with E-state index in [1.165, 1.54) is 99.8 Å². The number of hydrogen-bond acceptors (Lipinski definition) is 1. The number of hydrogen-bond donors (Lipinski definition) is 0. The first kappa shape index (κ1) is 32.1. The molecule has 3 nitrogen and oxygen atoms in total. The van der Waals surface area contributed by atoms with E-state index >= 15 is 0 Å². The molecule has 2 aliphatic carbocycles. The van der Waals surface area contributed by atoms with E-state index in [1.54, 1.807) is 0 Å². The van der Waals surface area contributed by atoms with Crippen LogP contribution in [0.15, 0.2) is 158 Å². The largest absolute Gasteiger partial charge is 0.331 e. The number of anilines is 2. The third kappa shape index (κ3) is 4.69. The summed E-state index contributed by atoms with van der Waals surface area (Å²) in [6.45, 7) is 9.19. The van der Waals surface area contributed by atoms with E-state index in [2.05, 4.69) is 200 Å². The van der Waals surface area contributed by atoms with Crippen LogP contribution < -0.4 is 4.90 Å². The average Bonchev–Trinajstić information content (AvgIpc) is 3.80. The van der Waals surface area contributed by atoms with Crippen LogP contribution in [0.5, 0.6) is 0 Å². The topological polar surface area (TPSA) is 13.1 Å². The van der Waals surface area contributed by atoms with Crippen LogP contribution >= 0.6 is 0 Å². The van der Waals surface area contributed by atoms with Gasteiger partial charge in [0.15, 0.2) is 0 Å². The van der Waals surface area contributed by atoms with Crippen molar-refractivity contribution in [2.24, 2.45) is 5.92 Å². The Labute approximate surface area is 322 Å². The SMILES string of the molecule is Cc1ccc2c(c1)C1=CC(c3ccc4c(c3)c3cc(C)ccc3n4C3=CC=CCC3C)=CCC1(C)N2c1ccc(-n2c3ccccc3c3ccccc32)cc1. The predicted octanol–water partition coefficient (Wildman–Crippen LogP) is 13.7. The molecule has 0 bridgehead atoms. The van der Waals surface area contributed by atoms with Crippen LogP contribution in [0.4, 0.5) is 11.4 Å². The van der Waals surface area contributed by atoms with Gasteiger partial charge in [-0.15, -0.1) is 0 Å². The molecule has 0 N–H and O–H groups in total. The molecule has 3 heterocycles. The van der Waals surface area contributed by atoms with Crippen molar-refractivity contribution in [1.82, 2.24) is 9.13 Å². The standard InChI is InChI=1S/C52H43N3/c1-33-17-24-49-42(29-33)43-31-36(19-26-50(43)54(49)46-14-8-5-11-35(46)3)37-27-28-52(4)45(32-37)44-30-34(2)18-25-51(44)55(52)39-22-20-38(21-23-39)53-47-15-9-6-12-40(47)41-13-7-10-16-48(41)53/h5-10,12-27,29-32,35H,11,28H2,1-4H3. The van der Waals surface area contributed by atoms with E-state index in [4.69, 9.17) is 0 Å². The van der Waals surface area contributed by atoms with Crippen molar-refractivity contribution in [3.05, 3.63) is 180 Å². The molecule has 8 aromatic rings. The van der Waals surface area contributed by atoms with Crippen molar-refractivity contribution in [3.8, 4) is 5.69 Å². The maximum atomic E-state index is 2.59. The summed E-state index contributed by atoms with van der Waals surface area (Å²) in [5.74, 6) is 0.465. The van der Waals surface area contributed by atoms with Crippen molar-refractivity contribution in [2.45, 2.75) is 46.1 Å². The Bertz CT molecular complexity index is 2980. The first-order valence-corrected chi connectivity index (χ1v) is 19.7. The molecule has 3 aliphatic rings. The van der Waals surface area contributed by atoms with E-state index in [-0.39, 0.29) is 5.54 Å². The zero-order valence-electron chi connectivity index (χ0n) is 31.8. The summed E-state index contributed by atoms with van der Waals surface area (Å²) in [6.07, 6.45) is 13.7. The Balaban J connectivity index is 1.01. The van der Waals surface area contributed by atoms with Gasteiger partial charge in [-0.05, 0) is 135 Å². The highest BCUT2D eigenvalue weighted by molar-refractivity contribution is 6.12. The molecule has 0 radical (unpaired) electrons. The predicted molar refractivity (Wildman–Crippen MR) is 234 cm³/mol. The summed E-state index contributed by atoms with van der Waals surface area (Å²) in [7, 11) is 0. The summed E-state index contributed by atoms with van der Waals surface area (Å²) in [5, 5.41) is 5.21. The summed E-state index contributed by atoms with van der Waals surface area (Å²) in [6, 6.07) is 47.8. The van der Waals surface area contributed by atoms with Crippen LogP contribution in [0, 0.1) is 19.8 Å². The lowest BCUT2D eigenvalue weighted by molar-refractivity contribution is 0.608. The van der Waals surface area contributed by atoms with E-state index in [1.807, 2.05) is 0 Å². The van der Waals surface area contributed by atoms with Gasteiger partial charge in [-0.25, -0.2) is 0 Å². The highest BCUT2D eigenvalue weighted by Gasteiger charge is 2.45. The monoisotopic (exact) mass is 709 g/mol. The number of fused-ring (bicyclic) bond motifs is 9. The number of aryl methyl sites for hydroxylation is 2. The zero-order valence-corrected chi connectivity index (χ0v) is 31.8. The summed E-state index contributed by atoms with van der Waals surface area (Å²) >= 11 is 0. The average molecular weight is 710 g/mol. The lowest BCUT2D eigenvalue weighted by Crippen LogP contribution is -2.40. The fraction of sp³-hybridized carbons (Fsp3) is 0.154. The van der Waals surface area contributed by atoms with Gasteiger partial charge in [0.25, 0.3) is 0 Å². The van der Waals surface area contributed by atoms with Gasteiger partial charge in [-0.3, -0.25) is 0 Å². The van der Waals surface area contributed by atoms with E-state index in [9.17, 15) is 0 Å². The lowest BCUT2D eigenvalue weighted by atomic mass is 9.79. The molecule has 55 heavy (non-hydrogen) atoms. The Morgan fingerprint density at radius 3 is 2.00 bits per heavy atom. The molecular formula is C52H43N3. The van der Waals surface area contributed by atoms with Crippen LogP contribution in [0.3, 0.4) is 0 Å². The van der Waals surface area contributed by atoms with Crippen molar-refractivity contribution >= 4 is 71.8 Å². The van der Waals surface area contributed by atoms with Crippen LogP contribution in [-0.4, -0.2) is 14.7 Å². The maximum Gasteiger partial charge on any atom is 0.0716 e. The number of rotatable bonds is 4. The number of para-hydroxylation sites is 2. The molecule has 11 rings (SSSR count). The first-order chi connectivity index (χ1) is 26.9. The normalized spacial score (nSPS) is 19.2. The molecule has 0 saturated heterocycles. The second-order valence-corrected chi connectivity index (χ2v) is 16.2. The van der Waals surface area contributed by atoms with Gasteiger partial charge in [0.1, 0.15) is 0 Å². The molecule has 2 atom stereocenters. The number of benzene rings is 6. The molecule has 266 valence electrons. The van der Waals surface area contributed by atoms with Crippen LogP contribution in [-0.2, 0) is 0 Å². The van der Waals surface area contributed by atoms with E-state index in [0.717, 1.165) is 12.8 Å². The van der Waals surface area contributed by atoms with Gasteiger partial charge in [0.05, 0.1) is 27.6 Å². The lowest BCUT2D eigenvalue weighted by Gasteiger charge is -2.39. The maximum absolute atomic E-state index is 2.59. The van der Waals surface area contributed by atoms with Crippen LogP contribution in [0.1, 0.15) is 48.9 Å². The quantitative estimate of drug-likeness (QED) is 0.177. The van der Waals surface area contributed by atoms with Crippen molar-refractivity contribution in [3.63, 3.8) is 0 Å². The number of allylic oxidation sites excluding steroid dienone is 6. The van der Waals surface area contributed by atoms with E-state index < -0.39 is 0 Å². The Morgan fingerprint density at radius 1 is 0.618 bits per heavy atom. The van der Waals surface area contributed by atoms with Crippen molar-refractivity contribution < 1.29 is 0 Å². The molecule has 0 fully saturated rings. The summed E-state index contributed by atoms with van der Waals surface area (Å²) in [4.78, 5) is 2.59. The summed E-state index contributed by atoms with van der Waals surface area (Å²) in [5.41, 5.74) is 17.7. The third-order valence-corrected chi connectivity index (χ3v) is 12.6. The molecule has 0 saturated carbocycles. The molecule has 0 amide bonds. The van der Waals surface area contributed by atoms with Crippen LogP contribution in [0.2, 0.25) is 0 Å². The van der Waals surface area contributed by atoms with Crippen LogP contribution in [0.25, 0.3) is 66.1 Å². The van der Waals surface area contributed by atoms with Gasteiger partial charge < -0.3 is 14.0 Å². The smallest absolute Gasteiger partial charge is 0.0716 e. The summed E-state index contributed by atoms with van der Waals surface area (Å²) < 4.78 is 4.91. The van der Waals surface area contributed by atoms with Crippen molar-refractivity contribution in [2.75, 3.05) is 4.90 Å². The van der Waals surface area contributed by atoms with Gasteiger partial charge in [-0.1, -0.05) is 90.9 Å². The molecule has 2 aromatic heterocycles. The fourth-order valence-corrected chi connectivity index (χ4v) is 9.90. The van der Waals surface area contributed by atoms with Crippen molar-refractivity contribution in [1.29, 1.82) is 0 Å². The van der Waals surface area contributed by atoms with E-state index in [0.29, 0.717) is 5.92 Å². The van der Waals surface area contributed by atoms with Gasteiger partial charge in [0.2, 0.25) is 0 Å². The molecule has 3 heteroatoms.